The van der Waals surface area contributed by atoms with Crippen LogP contribution in [0, 0.1) is 0 Å². The molecule has 0 radical (unpaired) electrons. The number of carbonyl (C=O) groups is 2. The third kappa shape index (κ3) is 4.42. The minimum Gasteiger partial charge on any atom is -0.428 e. The quantitative estimate of drug-likeness (QED) is 0.680. The van der Waals surface area contributed by atoms with E-state index in [2.05, 4.69) is 9.97 Å². The summed E-state index contributed by atoms with van der Waals surface area (Å²) in [5.41, 5.74) is 2.03. The van der Waals surface area contributed by atoms with Crippen molar-refractivity contribution in [2.45, 2.75) is 26.4 Å². The predicted octanol–water partition coefficient (Wildman–Crippen LogP) is 2.50. The van der Waals surface area contributed by atoms with Gasteiger partial charge in [-0.1, -0.05) is 12.1 Å². The van der Waals surface area contributed by atoms with Crippen LogP contribution in [0.25, 0.3) is 0 Å². The molecule has 0 atom stereocenters. The minimum atomic E-state index is -0.816. The third-order valence-corrected chi connectivity index (χ3v) is 3.08. The summed E-state index contributed by atoms with van der Waals surface area (Å²) >= 11 is 0. The summed E-state index contributed by atoms with van der Waals surface area (Å²) in [5.74, 6) is 0. The van der Waals surface area contributed by atoms with Gasteiger partial charge in [0.25, 0.3) is 0 Å². The van der Waals surface area contributed by atoms with E-state index in [0.29, 0.717) is 22.8 Å². The van der Waals surface area contributed by atoms with Crippen molar-refractivity contribution in [3.05, 3.63) is 59.2 Å². The Hall–Kier alpha value is -3.16. The Labute approximate surface area is 137 Å². The summed E-state index contributed by atoms with van der Waals surface area (Å²) in [4.78, 5) is 31.7. The van der Waals surface area contributed by atoms with Crippen LogP contribution >= 0.6 is 0 Å². The second kappa shape index (κ2) is 7.40. The molecule has 1 aliphatic rings. The van der Waals surface area contributed by atoms with Crippen LogP contribution in [-0.4, -0.2) is 22.3 Å². The number of hydrogen-bond acceptors (Lipinski definition) is 8. The Kier molecular flexibility index (Phi) is 4.85. The van der Waals surface area contributed by atoms with Gasteiger partial charge in [-0.05, 0) is 24.3 Å². The van der Waals surface area contributed by atoms with E-state index in [-0.39, 0.29) is 26.4 Å². The summed E-state index contributed by atoms with van der Waals surface area (Å²) in [6.45, 7) is -0.204. The number of ether oxygens (including phenoxy) is 4. The molecule has 0 saturated heterocycles. The number of pyridine rings is 2. The lowest BCUT2D eigenvalue weighted by Crippen LogP contribution is -2.12. The zero-order valence-corrected chi connectivity index (χ0v) is 12.6. The Morgan fingerprint density at radius 1 is 0.583 bits per heavy atom. The summed E-state index contributed by atoms with van der Waals surface area (Å²) in [6.07, 6.45) is -1.63. The lowest BCUT2D eigenvalue weighted by molar-refractivity contribution is 0.0396. The van der Waals surface area contributed by atoms with Crippen molar-refractivity contribution in [2.75, 3.05) is 0 Å². The van der Waals surface area contributed by atoms with Gasteiger partial charge < -0.3 is 18.9 Å². The van der Waals surface area contributed by atoms with Gasteiger partial charge in [0.2, 0.25) is 0 Å². The topological polar surface area (TPSA) is 96.8 Å². The zero-order valence-electron chi connectivity index (χ0n) is 12.6. The molecule has 8 nitrogen and oxygen atoms in total. The van der Waals surface area contributed by atoms with Crippen LogP contribution < -0.4 is 0 Å². The van der Waals surface area contributed by atoms with E-state index in [1.807, 2.05) is 0 Å². The van der Waals surface area contributed by atoms with Gasteiger partial charge in [-0.2, -0.15) is 0 Å². The van der Waals surface area contributed by atoms with E-state index in [9.17, 15) is 9.59 Å². The molecular formula is C16H14N2O6. The molecule has 0 spiro atoms. The standard InChI is InChI=1S/C16H14N2O6/c19-15-21-7-11-3-1-4-12(17-11)8-22-16(20)24-10-14-6-2-5-13(18-14)9-23-15/h1-6H,7-10H2. The molecule has 0 N–H and O–H groups in total. The van der Waals surface area contributed by atoms with E-state index >= 15 is 0 Å². The van der Waals surface area contributed by atoms with Gasteiger partial charge in [0.05, 0.1) is 22.8 Å². The molecule has 0 unspecified atom stereocenters. The molecule has 1 aliphatic heterocycles. The first-order valence-corrected chi connectivity index (χ1v) is 7.18. The highest BCUT2D eigenvalue weighted by Gasteiger charge is 2.11. The van der Waals surface area contributed by atoms with Crippen molar-refractivity contribution >= 4 is 12.3 Å². The molecule has 0 aliphatic carbocycles. The minimum absolute atomic E-state index is 0.0510. The van der Waals surface area contributed by atoms with E-state index in [1.54, 1.807) is 36.4 Å². The molecule has 2 aromatic heterocycles. The molecule has 2 aromatic rings. The smallest absolute Gasteiger partial charge is 0.428 e. The first-order chi connectivity index (χ1) is 11.7. The van der Waals surface area contributed by atoms with Crippen molar-refractivity contribution in [1.29, 1.82) is 0 Å². The number of fused-ring (bicyclic) bond motifs is 4. The van der Waals surface area contributed by atoms with Gasteiger partial charge in [-0.25, -0.2) is 9.59 Å². The highest BCUT2D eigenvalue weighted by molar-refractivity contribution is 5.60. The average molecular weight is 330 g/mol. The number of rotatable bonds is 0. The van der Waals surface area contributed by atoms with Crippen LogP contribution in [0.15, 0.2) is 36.4 Å². The van der Waals surface area contributed by atoms with Gasteiger partial charge in [-0.3, -0.25) is 9.97 Å². The van der Waals surface area contributed by atoms with E-state index < -0.39 is 12.3 Å². The first-order valence-electron chi connectivity index (χ1n) is 7.18. The van der Waals surface area contributed by atoms with Crippen molar-refractivity contribution in [3.8, 4) is 0 Å². The van der Waals surface area contributed by atoms with Crippen LogP contribution in [0.2, 0.25) is 0 Å². The fraction of sp³-hybridized carbons (Fsp3) is 0.250. The predicted molar refractivity (Wildman–Crippen MR) is 78.4 cm³/mol. The molecule has 0 aromatic carbocycles. The Bertz CT molecular complexity index is 635. The summed E-state index contributed by atoms with van der Waals surface area (Å²) in [6, 6.07) is 10.2. The van der Waals surface area contributed by atoms with Crippen molar-refractivity contribution in [1.82, 2.24) is 9.97 Å². The number of hydrogen-bond donors (Lipinski definition) is 0. The number of aromatic nitrogens is 2. The molecule has 124 valence electrons. The highest BCUT2D eigenvalue weighted by Crippen LogP contribution is 2.08. The van der Waals surface area contributed by atoms with E-state index in [4.69, 9.17) is 18.9 Å². The van der Waals surface area contributed by atoms with Gasteiger partial charge in [0.15, 0.2) is 0 Å². The first kappa shape index (κ1) is 15.7. The second-order valence-electron chi connectivity index (χ2n) is 4.90. The maximum absolute atomic E-state index is 11.6. The lowest BCUT2D eigenvalue weighted by Gasteiger charge is -2.10. The molecule has 0 fully saturated rings. The summed E-state index contributed by atoms with van der Waals surface area (Å²) in [7, 11) is 0. The van der Waals surface area contributed by atoms with Crippen LogP contribution in [0.3, 0.4) is 0 Å². The van der Waals surface area contributed by atoms with Crippen molar-refractivity contribution < 1.29 is 28.5 Å². The lowest BCUT2D eigenvalue weighted by atomic mass is 10.3. The molecule has 0 saturated carbocycles. The largest absolute Gasteiger partial charge is 0.509 e. The van der Waals surface area contributed by atoms with Gasteiger partial charge in [-0.15, -0.1) is 0 Å². The van der Waals surface area contributed by atoms with Gasteiger partial charge in [0.1, 0.15) is 26.4 Å². The van der Waals surface area contributed by atoms with Crippen LogP contribution in [0.5, 0.6) is 0 Å². The molecule has 0 amide bonds. The van der Waals surface area contributed by atoms with Gasteiger partial charge >= 0.3 is 12.3 Å². The fourth-order valence-electron chi connectivity index (χ4n) is 1.99. The van der Waals surface area contributed by atoms with Crippen LogP contribution in [-0.2, 0) is 45.4 Å². The number of carbonyl (C=O) groups excluding carboxylic acids is 2. The second-order valence-corrected chi connectivity index (χ2v) is 4.90. The van der Waals surface area contributed by atoms with Crippen molar-refractivity contribution in [2.24, 2.45) is 0 Å². The summed E-state index contributed by atoms with van der Waals surface area (Å²) < 4.78 is 20.0. The fourth-order valence-corrected chi connectivity index (χ4v) is 1.99. The SMILES string of the molecule is O=C1OCc2cccc(n2)COC(=O)OCc2cccc(n2)CO1. The highest BCUT2D eigenvalue weighted by atomic mass is 16.7. The number of nitrogens with zero attached hydrogens (tertiary/aromatic N) is 2. The normalized spacial score (nSPS) is 15.5. The maximum Gasteiger partial charge on any atom is 0.509 e. The summed E-state index contributed by atoms with van der Waals surface area (Å²) in [5, 5.41) is 0. The Morgan fingerprint density at radius 2 is 0.875 bits per heavy atom. The van der Waals surface area contributed by atoms with Gasteiger partial charge in [0, 0.05) is 0 Å². The molecule has 4 bridgehead atoms. The molecule has 8 heteroatoms. The molecule has 24 heavy (non-hydrogen) atoms. The Balaban J connectivity index is 1.76. The van der Waals surface area contributed by atoms with E-state index in [0.717, 1.165) is 0 Å². The maximum atomic E-state index is 11.6. The van der Waals surface area contributed by atoms with Crippen LogP contribution in [0.1, 0.15) is 22.8 Å². The molecule has 3 heterocycles. The zero-order chi connectivity index (χ0) is 16.8. The number of cyclic esters (lactones) is 4. The molecular weight excluding hydrogens is 316 g/mol. The van der Waals surface area contributed by atoms with Crippen molar-refractivity contribution in [3.63, 3.8) is 0 Å². The average Bonchev–Trinajstić information content (AvgIpc) is 2.61. The Morgan fingerprint density at radius 3 is 1.17 bits per heavy atom. The van der Waals surface area contributed by atoms with Crippen LogP contribution in [0.4, 0.5) is 9.59 Å². The third-order valence-electron chi connectivity index (χ3n) is 3.08. The molecule has 3 rings (SSSR count). The monoisotopic (exact) mass is 330 g/mol. The van der Waals surface area contributed by atoms with E-state index in [1.165, 1.54) is 0 Å².